The molecule has 1 atom stereocenters. The number of aromatic amines is 1. The Labute approximate surface area is 137 Å². The summed E-state index contributed by atoms with van der Waals surface area (Å²) in [7, 11) is 0. The molecular weight excluding hydrogens is 288 g/mol. The Morgan fingerprint density at radius 3 is 2.70 bits per heavy atom. The molecule has 1 aromatic heterocycles. The molecule has 5 heteroatoms. The predicted molar refractivity (Wildman–Crippen MR) is 90.9 cm³/mol. The third-order valence-electron chi connectivity index (χ3n) is 4.61. The van der Waals surface area contributed by atoms with E-state index >= 15 is 0 Å². The molecule has 1 fully saturated rings. The molecule has 0 amide bonds. The van der Waals surface area contributed by atoms with Crippen LogP contribution in [0.4, 0.5) is 0 Å². The molecule has 0 unspecified atom stereocenters. The van der Waals surface area contributed by atoms with Crippen molar-refractivity contribution in [3.8, 4) is 0 Å². The molecule has 0 spiro atoms. The fourth-order valence-electron chi connectivity index (χ4n) is 3.27. The minimum absolute atomic E-state index is 0.243. The number of rotatable bonds is 6. The van der Waals surface area contributed by atoms with Crippen molar-refractivity contribution in [2.45, 2.75) is 32.5 Å². The maximum absolute atomic E-state index is 9.42. The van der Waals surface area contributed by atoms with E-state index in [1.165, 1.54) is 11.1 Å². The van der Waals surface area contributed by atoms with Crippen LogP contribution in [-0.4, -0.2) is 57.4 Å². The molecule has 2 N–H and O–H groups in total. The number of nitrogens with one attached hydrogen (secondary N) is 1. The Morgan fingerprint density at radius 1 is 1.17 bits per heavy atom. The molecule has 5 nitrogen and oxygen atoms in total. The number of aromatic nitrogens is 2. The lowest BCUT2D eigenvalue weighted by molar-refractivity contribution is 0.0494. The summed E-state index contributed by atoms with van der Waals surface area (Å²) in [5.41, 5.74) is 3.80. The lowest BCUT2D eigenvalue weighted by Crippen LogP contribution is -2.52. The second-order valence-electron chi connectivity index (χ2n) is 6.44. The molecule has 2 heterocycles. The number of aliphatic hydroxyl groups is 1. The van der Waals surface area contributed by atoms with Gasteiger partial charge in [-0.1, -0.05) is 29.8 Å². The Kier molecular flexibility index (Phi) is 5.43. The third-order valence-corrected chi connectivity index (χ3v) is 4.61. The number of aryl methyl sites for hydroxylation is 1. The van der Waals surface area contributed by atoms with Crippen LogP contribution in [0.25, 0.3) is 0 Å². The lowest BCUT2D eigenvalue weighted by Gasteiger charge is -2.41. The summed E-state index contributed by atoms with van der Waals surface area (Å²) in [6.07, 6.45) is 2.62. The zero-order valence-corrected chi connectivity index (χ0v) is 13.8. The van der Waals surface area contributed by atoms with Gasteiger partial charge in [0.1, 0.15) is 0 Å². The fourth-order valence-corrected chi connectivity index (χ4v) is 3.27. The van der Waals surface area contributed by atoms with E-state index in [4.69, 9.17) is 0 Å². The van der Waals surface area contributed by atoms with Crippen molar-refractivity contribution in [1.29, 1.82) is 0 Å². The number of hydrogen-bond acceptors (Lipinski definition) is 4. The smallest absolute Gasteiger partial charge is 0.0492 e. The zero-order chi connectivity index (χ0) is 16.1. The van der Waals surface area contributed by atoms with E-state index in [1.807, 2.05) is 6.07 Å². The van der Waals surface area contributed by atoms with E-state index in [0.717, 1.165) is 44.8 Å². The zero-order valence-electron chi connectivity index (χ0n) is 13.8. The molecule has 1 aliphatic rings. The molecule has 1 aromatic carbocycles. The normalized spacial score (nSPS) is 20.0. The van der Waals surface area contributed by atoms with Crippen LogP contribution in [0, 0.1) is 6.92 Å². The first-order valence-electron chi connectivity index (χ1n) is 8.35. The summed E-state index contributed by atoms with van der Waals surface area (Å²) in [6.45, 7) is 7.30. The van der Waals surface area contributed by atoms with Gasteiger partial charge < -0.3 is 5.11 Å². The summed E-state index contributed by atoms with van der Waals surface area (Å²) in [5, 5.41) is 16.5. The van der Waals surface area contributed by atoms with Gasteiger partial charge in [0.2, 0.25) is 0 Å². The van der Waals surface area contributed by atoms with Crippen molar-refractivity contribution in [1.82, 2.24) is 20.0 Å². The Hall–Kier alpha value is -1.69. The van der Waals surface area contributed by atoms with Crippen molar-refractivity contribution in [2.75, 3.05) is 26.2 Å². The van der Waals surface area contributed by atoms with E-state index in [0.29, 0.717) is 6.04 Å². The summed E-state index contributed by atoms with van der Waals surface area (Å²) in [5.74, 6) is 0. The maximum atomic E-state index is 9.42. The van der Waals surface area contributed by atoms with Crippen LogP contribution in [0.2, 0.25) is 0 Å². The summed E-state index contributed by atoms with van der Waals surface area (Å²) >= 11 is 0. The van der Waals surface area contributed by atoms with Gasteiger partial charge >= 0.3 is 0 Å². The van der Waals surface area contributed by atoms with Crippen LogP contribution in [-0.2, 0) is 13.1 Å². The second-order valence-corrected chi connectivity index (χ2v) is 6.44. The van der Waals surface area contributed by atoms with E-state index in [9.17, 15) is 5.11 Å². The van der Waals surface area contributed by atoms with Crippen LogP contribution in [0.1, 0.15) is 23.2 Å². The van der Waals surface area contributed by atoms with E-state index in [-0.39, 0.29) is 6.61 Å². The van der Waals surface area contributed by atoms with Crippen molar-refractivity contribution >= 4 is 0 Å². The monoisotopic (exact) mass is 314 g/mol. The third kappa shape index (κ3) is 4.41. The molecule has 124 valence electrons. The molecule has 0 radical (unpaired) electrons. The van der Waals surface area contributed by atoms with Crippen molar-refractivity contribution in [2.24, 2.45) is 0 Å². The Balaban J connectivity index is 1.61. The molecule has 23 heavy (non-hydrogen) atoms. The number of hydrogen-bond donors (Lipinski definition) is 2. The minimum atomic E-state index is 0.243. The van der Waals surface area contributed by atoms with E-state index < -0.39 is 0 Å². The predicted octanol–water partition coefficient (Wildman–Crippen LogP) is 1.79. The maximum Gasteiger partial charge on any atom is 0.0492 e. The van der Waals surface area contributed by atoms with E-state index in [2.05, 4.69) is 51.2 Å². The van der Waals surface area contributed by atoms with Crippen molar-refractivity contribution < 1.29 is 5.11 Å². The van der Waals surface area contributed by atoms with Gasteiger partial charge in [-0.15, -0.1) is 0 Å². The van der Waals surface area contributed by atoms with Gasteiger partial charge in [0, 0.05) is 57.3 Å². The summed E-state index contributed by atoms with van der Waals surface area (Å²) in [6, 6.07) is 11.2. The van der Waals surface area contributed by atoms with Crippen LogP contribution in [0.15, 0.2) is 36.5 Å². The quantitative estimate of drug-likeness (QED) is 0.853. The molecule has 0 saturated carbocycles. The molecule has 2 aromatic rings. The van der Waals surface area contributed by atoms with Crippen molar-refractivity contribution in [3.63, 3.8) is 0 Å². The average molecular weight is 314 g/mol. The van der Waals surface area contributed by atoms with Crippen molar-refractivity contribution in [3.05, 3.63) is 53.3 Å². The topological polar surface area (TPSA) is 55.4 Å². The molecule has 0 bridgehead atoms. The van der Waals surface area contributed by atoms with Gasteiger partial charge in [0.05, 0.1) is 0 Å². The highest BCUT2D eigenvalue weighted by molar-refractivity contribution is 5.21. The highest BCUT2D eigenvalue weighted by atomic mass is 16.3. The number of nitrogens with zero attached hydrogens (tertiary/aromatic N) is 3. The van der Waals surface area contributed by atoms with Crippen LogP contribution in [0.5, 0.6) is 0 Å². The van der Waals surface area contributed by atoms with Crippen LogP contribution in [0.3, 0.4) is 0 Å². The van der Waals surface area contributed by atoms with Gasteiger partial charge in [-0.3, -0.25) is 14.9 Å². The van der Waals surface area contributed by atoms with Gasteiger partial charge in [0.15, 0.2) is 0 Å². The fraction of sp³-hybridized carbons (Fsp3) is 0.500. The Morgan fingerprint density at radius 2 is 2.00 bits per heavy atom. The molecular formula is C18H26N4O. The molecule has 0 aliphatic carbocycles. The lowest BCUT2D eigenvalue weighted by atomic mass is 10.1. The van der Waals surface area contributed by atoms with Gasteiger partial charge in [-0.25, -0.2) is 0 Å². The van der Waals surface area contributed by atoms with Crippen LogP contribution >= 0.6 is 0 Å². The standard InChI is InChI=1S/C18H26N4O/c1-15-2-4-16(5-3-15)12-22-10-9-21(14-18(22)7-11-23)13-17-6-8-19-20-17/h2-6,8,18,23H,7,9-14H2,1H3,(H,19,20)/t18-/m0/s1. The highest BCUT2D eigenvalue weighted by Gasteiger charge is 2.26. The summed E-state index contributed by atoms with van der Waals surface area (Å²) in [4.78, 5) is 4.95. The largest absolute Gasteiger partial charge is 0.396 e. The Bertz CT molecular complexity index is 582. The second kappa shape index (κ2) is 7.73. The number of aliphatic hydroxyl groups excluding tert-OH is 1. The number of benzene rings is 1. The van der Waals surface area contributed by atoms with Gasteiger partial charge in [0.25, 0.3) is 0 Å². The average Bonchev–Trinajstić information content (AvgIpc) is 3.05. The first kappa shape index (κ1) is 16.2. The number of piperazine rings is 1. The SMILES string of the molecule is Cc1ccc(CN2CCN(Cc3ccn[nH]3)C[C@@H]2CCO)cc1. The van der Waals surface area contributed by atoms with Gasteiger partial charge in [-0.2, -0.15) is 5.10 Å². The first-order chi connectivity index (χ1) is 11.2. The highest BCUT2D eigenvalue weighted by Crippen LogP contribution is 2.18. The first-order valence-corrected chi connectivity index (χ1v) is 8.35. The molecule has 3 rings (SSSR count). The molecule has 1 aliphatic heterocycles. The molecule has 1 saturated heterocycles. The summed E-state index contributed by atoms with van der Waals surface area (Å²) < 4.78 is 0. The van der Waals surface area contributed by atoms with E-state index in [1.54, 1.807) is 6.20 Å². The minimum Gasteiger partial charge on any atom is -0.396 e. The van der Waals surface area contributed by atoms with Gasteiger partial charge in [-0.05, 0) is 25.0 Å². The van der Waals surface area contributed by atoms with Crippen LogP contribution < -0.4 is 0 Å². The number of H-pyrrole nitrogens is 1.